The highest BCUT2D eigenvalue weighted by Crippen LogP contribution is 2.06. The molecule has 1 unspecified atom stereocenters. The molecule has 0 aromatic rings. The van der Waals surface area contributed by atoms with Crippen LogP contribution in [0.4, 0.5) is 0 Å². The number of allylic oxidation sites excluding steroid dienone is 1. The zero-order valence-electron chi connectivity index (χ0n) is 8.05. The fourth-order valence-electron chi connectivity index (χ4n) is 1.07. The summed E-state index contributed by atoms with van der Waals surface area (Å²) in [6, 6.07) is -0.273. The Hall–Kier alpha value is -0.630. The van der Waals surface area contributed by atoms with Crippen LogP contribution in [0.5, 0.6) is 0 Å². The normalized spacial score (nSPS) is 13.0. The summed E-state index contributed by atoms with van der Waals surface area (Å²) >= 11 is 0. The molecular weight excluding hydrogens is 150 g/mol. The van der Waals surface area contributed by atoms with Crippen LogP contribution in [0.3, 0.4) is 0 Å². The summed E-state index contributed by atoms with van der Waals surface area (Å²) in [4.78, 5) is 11.3. The first-order valence-electron chi connectivity index (χ1n) is 4.47. The van der Waals surface area contributed by atoms with E-state index in [1.165, 1.54) is 0 Å². The van der Waals surface area contributed by atoms with Gasteiger partial charge in [0, 0.05) is 6.42 Å². The van der Waals surface area contributed by atoms with Crippen molar-refractivity contribution in [1.82, 2.24) is 0 Å². The number of rotatable bonds is 6. The summed E-state index contributed by atoms with van der Waals surface area (Å²) in [5, 5.41) is 0. The minimum Gasteiger partial charge on any atom is -0.322 e. The Labute approximate surface area is 74.8 Å². The lowest BCUT2D eigenvalue weighted by molar-refractivity contribution is -0.120. The largest absolute Gasteiger partial charge is 0.322 e. The van der Waals surface area contributed by atoms with E-state index >= 15 is 0 Å². The number of nitrogens with two attached hydrogens (primary N) is 1. The van der Waals surface area contributed by atoms with Crippen LogP contribution in [0.1, 0.15) is 33.1 Å². The van der Waals surface area contributed by atoms with Gasteiger partial charge in [-0.25, -0.2) is 0 Å². The van der Waals surface area contributed by atoms with E-state index < -0.39 is 0 Å². The van der Waals surface area contributed by atoms with Crippen LogP contribution in [0.15, 0.2) is 12.7 Å². The molecule has 12 heavy (non-hydrogen) atoms. The summed E-state index contributed by atoms with van der Waals surface area (Å²) in [6.45, 7) is 7.70. The lowest BCUT2D eigenvalue weighted by atomic mass is 9.99. The smallest absolute Gasteiger partial charge is 0.149 e. The third-order valence-electron chi connectivity index (χ3n) is 1.73. The van der Waals surface area contributed by atoms with Crippen LogP contribution in [0.25, 0.3) is 0 Å². The molecule has 70 valence electrons. The fourth-order valence-corrected chi connectivity index (χ4v) is 1.07. The molecule has 2 heteroatoms. The Balaban J connectivity index is 3.68. The van der Waals surface area contributed by atoms with Crippen molar-refractivity contribution in [1.29, 1.82) is 0 Å². The van der Waals surface area contributed by atoms with Crippen LogP contribution in [-0.4, -0.2) is 11.8 Å². The Morgan fingerprint density at radius 3 is 2.58 bits per heavy atom. The van der Waals surface area contributed by atoms with Crippen molar-refractivity contribution in [2.24, 2.45) is 11.7 Å². The first kappa shape index (κ1) is 11.4. The van der Waals surface area contributed by atoms with E-state index in [2.05, 4.69) is 20.4 Å². The SMILES string of the molecule is C=CCCC(=O)C(N)CC(C)C. The van der Waals surface area contributed by atoms with Gasteiger partial charge in [-0.1, -0.05) is 19.9 Å². The highest BCUT2D eigenvalue weighted by molar-refractivity contribution is 5.83. The molecule has 0 fully saturated rings. The van der Waals surface area contributed by atoms with E-state index in [1.54, 1.807) is 6.08 Å². The first-order chi connectivity index (χ1) is 5.57. The van der Waals surface area contributed by atoms with Crippen LogP contribution in [0, 0.1) is 5.92 Å². The maximum absolute atomic E-state index is 11.3. The second-order valence-electron chi connectivity index (χ2n) is 3.53. The molecule has 0 spiro atoms. The molecule has 0 bridgehead atoms. The highest BCUT2D eigenvalue weighted by Gasteiger charge is 2.13. The van der Waals surface area contributed by atoms with E-state index in [9.17, 15) is 4.79 Å². The van der Waals surface area contributed by atoms with E-state index in [1.807, 2.05) is 0 Å². The topological polar surface area (TPSA) is 43.1 Å². The number of carbonyl (C=O) groups is 1. The molecule has 0 heterocycles. The van der Waals surface area contributed by atoms with Gasteiger partial charge in [-0.3, -0.25) is 4.79 Å². The average Bonchev–Trinajstić information content (AvgIpc) is 1.98. The molecule has 0 aliphatic heterocycles. The molecule has 1 atom stereocenters. The molecule has 0 aliphatic rings. The third-order valence-corrected chi connectivity index (χ3v) is 1.73. The molecule has 0 saturated heterocycles. The minimum absolute atomic E-state index is 0.156. The van der Waals surface area contributed by atoms with Crippen molar-refractivity contribution in [2.45, 2.75) is 39.2 Å². The van der Waals surface area contributed by atoms with Crippen molar-refractivity contribution in [3.05, 3.63) is 12.7 Å². The molecule has 0 saturated carbocycles. The molecule has 0 aliphatic carbocycles. The van der Waals surface area contributed by atoms with Crippen molar-refractivity contribution < 1.29 is 4.79 Å². The Kier molecular flexibility index (Phi) is 5.64. The summed E-state index contributed by atoms with van der Waals surface area (Å²) in [6.07, 6.45) is 3.82. The summed E-state index contributed by atoms with van der Waals surface area (Å²) in [5.41, 5.74) is 5.68. The first-order valence-corrected chi connectivity index (χ1v) is 4.47. The van der Waals surface area contributed by atoms with E-state index in [-0.39, 0.29) is 11.8 Å². The minimum atomic E-state index is -0.273. The Morgan fingerprint density at radius 2 is 2.17 bits per heavy atom. The maximum atomic E-state index is 11.3. The van der Waals surface area contributed by atoms with Crippen molar-refractivity contribution in [2.75, 3.05) is 0 Å². The molecule has 2 N–H and O–H groups in total. The van der Waals surface area contributed by atoms with Gasteiger partial charge in [0.05, 0.1) is 6.04 Å². The molecule has 0 amide bonds. The molecule has 0 rings (SSSR count). The van der Waals surface area contributed by atoms with Gasteiger partial charge in [0.2, 0.25) is 0 Å². The van der Waals surface area contributed by atoms with Gasteiger partial charge in [0.15, 0.2) is 0 Å². The lowest BCUT2D eigenvalue weighted by Crippen LogP contribution is -2.31. The Bertz CT molecular complexity index is 152. The lowest BCUT2D eigenvalue weighted by Gasteiger charge is -2.11. The molecule has 0 aromatic carbocycles. The standard InChI is InChI=1S/C10H19NO/c1-4-5-6-10(12)9(11)7-8(2)3/h4,8-9H,1,5-7,11H2,2-3H3. The van der Waals surface area contributed by atoms with Gasteiger partial charge in [0.1, 0.15) is 5.78 Å². The van der Waals surface area contributed by atoms with Gasteiger partial charge in [-0.05, 0) is 18.8 Å². The predicted molar refractivity (Wildman–Crippen MR) is 51.9 cm³/mol. The number of ketones is 1. The third kappa shape index (κ3) is 5.08. The van der Waals surface area contributed by atoms with Gasteiger partial charge >= 0.3 is 0 Å². The van der Waals surface area contributed by atoms with Crippen LogP contribution >= 0.6 is 0 Å². The zero-order chi connectivity index (χ0) is 9.56. The van der Waals surface area contributed by atoms with Gasteiger partial charge in [-0.15, -0.1) is 6.58 Å². The quantitative estimate of drug-likeness (QED) is 0.617. The number of hydrogen-bond donors (Lipinski definition) is 1. The molecular formula is C10H19NO. The van der Waals surface area contributed by atoms with Gasteiger partial charge in [-0.2, -0.15) is 0 Å². The molecule has 0 radical (unpaired) electrons. The van der Waals surface area contributed by atoms with Crippen molar-refractivity contribution >= 4 is 5.78 Å². The second-order valence-corrected chi connectivity index (χ2v) is 3.53. The monoisotopic (exact) mass is 169 g/mol. The second kappa shape index (κ2) is 5.95. The van der Waals surface area contributed by atoms with E-state index in [4.69, 9.17) is 5.73 Å². The van der Waals surface area contributed by atoms with E-state index in [0.717, 1.165) is 12.8 Å². The molecule has 0 aromatic heterocycles. The number of Topliss-reactive ketones (excluding diaryl/α,β-unsaturated/α-hetero) is 1. The summed E-state index contributed by atoms with van der Waals surface area (Å²) in [5.74, 6) is 0.649. The maximum Gasteiger partial charge on any atom is 0.149 e. The van der Waals surface area contributed by atoms with Crippen LogP contribution in [0.2, 0.25) is 0 Å². The van der Waals surface area contributed by atoms with Crippen molar-refractivity contribution in [3.63, 3.8) is 0 Å². The van der Waals surface area contributed by atoms with Crippen LogP contribution < -0.4 is 5.73 Å². The van der Waals surface area contributed by atoms with E-state index in [0.29, 0.717) is 12.3 Å². The van der Waals surface area contributed by atoms with Crippen LogP contribution in [-0.2, 0) is 4.79 Å². The number of hydrogen-bond acceptors (Lipinski definition) is 2. The molecule has 2 nitrogen and oxygen atoms in total. The van der Waals surface area contributed by atoms with Gasteiger partial charge < -0.3 is 5.73 Å². The summed E-state index contributed by atoms with van der Waals surface area (Å²) < 4.78 is 0. The van der Waals surface area contributed by atoms with Gasteiger partial charge in [0.25, 0.3) is 0 Å². The van der Waals surface area contributed by atoms with Crippen molar-refractivity contribution in [3.8, 4) is 0 Å². The highest BCUT2D eigenvalue weighted by atomic mass is 16.1. The average molecular weight is 169 g/mol. The summed E-state index contributed by atoms with van der Waals surface area (Å²) in [7, 11) is 0. The zero-order valence-corrected chi connectivity index (χ0v) is 8.05. The Morgan fingerprint density at radius 1 is 1.58 bits per heavy atom. The fraction of sp³-hybridized carbons (Fsp3) is 0.700. The number of carbonyl (C=O) groups excluding carboxylic acids is 1. The predicted octanol–water partition coefficient (Wildman–Crippen LogP) is 1.90.